The molecule has 2 unspecified atom stereocenters. The summed E-state index contributed by atoms with van der Waals surface area (Å²) in [4.78, 5) is 4.51. The zero-order valence-corrected chi connectivity index (χ0v) is 11.7. The third-order valence-corrected chi connectivity index (χ3v) is 4.19. The van der Waals surface area contributed by atoms with E-state index in [0.717, 1.165) is 0 Å². The van der Waals surface area contributed by atoms with Crippen LogP contribution >= 0.6 is 0 Å². The zero-order chi connectivity index (χ0) is 12.6. The van der Waals surface area contributed by atoms with Gasteiger partial charge in [-0.15, -0.1) is 0 Å². The Morgan fingerprint density at radius 3 is 2.76 bits per heavy atom. The lowest BCUT2D eigenvalue weighted by Crippen LogP contribution is -2.41. The maximum absolute atomic E-state index is 4.51. The van der Waals surface area contributed by atoms with Crippen LogP contribution in [0.25, 0.3) is 0 Å². The summed E-state index contributed by atoms with van der Waals surface area (Å²) >= 11 is 0. The van der Waals surface area contributed by atoms with E-state index < -0.39 is 0 Å². The second-order valence-electron chi connectivity index (χ2n) is 6.21. The van der Waals surface area contributed by atoms with E-state index in [2.05, 4.69) is 55.8 Å². The Morgan fingerprint density at radius 2 is 2.18 bits per heavy atom. The number of imidazole rings is 1. The molecule has 1 heterocycles. The van der Waals surface area contributed by atoms with Crippen molar-refractivity contribution in [2.24, 2.45) is 5.41 Å². The predicted molar refractivity (Wildman–Crippen MR) is 71.2 cm³/mol. The quantitative estimate of drug-likeness (QED) is 0.873. The normalized spacial score (nSPS) is 27.9. The van der Waals surface area contributed by atoms with Crippen molar-refractivity contribution in [3.05, 3.63) is 18.2 Å². The Bertz CT molecular complexity index is 379. The highest BCUT2D eigenvalue weighted by atomic mass is 15.1. The van der Waals surface area contributed by atoms with Crippen molar-refractivity contribution in [2.45, 2.75) is 58.5 Å². The Morgan fingerprint density at radius 1 is 1.47 bits per heavy atom. The van der Waals surface area contributed by atoms with Crippen molar-refractivity contribution < 1.29 is 0 Å². The fourth-order valence-electron chi connectivity index (χ4n) is 3.30. The molecule has 0 radical (unpaired) electrons. The van der Waals surface area contributed by atoms with E-state index in [4.69, 9.17) is 0 Å². The molecule has 2 atom stereocenters. The van der Waals surface area contributed by atoms with Gasteiger partial charge in [0, 0.05) is 24.4 Å². The second-order valence-corrected chi connectivity index (χ2v) is 6.21. The molecule has 3 heteroatoms. The Kier molecular flexibility index (Phi) is 3.30. The van der Waals surface area contributed by atoms with Crippen molar-refractivity contribution >= 4 is 0 Å². The van der Waals surface area contributed by atoms with Crippen LogP contribution in [0, 0.1) is 5.41 Å². The van der Waals surface area contributed by atoms with E-state index in [0.29, 0.717) is 23.4 Å². The predicted octanol–water partition coefficient (Wildman–Crippen LogP) is 2.96. The van der Waals surface area contributed by atoms with Crippen LogP contribution in [0.2, 0.25) is 0 Å². The minimum Gasteiger partial charge on any atom is -0.330 e. The van der Waals surface area contributed by atoms with Crippen molar-refractivity contribution in [2.75, 3.05) is 7.05 Å². The molecule has 96 valence electrons. The average Bonchev–Trinajstić information content (AvgIpc) is 2.81. The maximum Gasteiger partial charge on any atom is 0.111 e. The number of nitrogens with one attached hydrogen (secondary N) is 1. The lowest BCUT2D eigenvalue weighted by Gasteiger charge is -2.31. The van der Waals surface area contributed by atoms with Gasteiger partial charge < -0.3 is 9.88 Å². The van der Waals surface area contributed by atoms with Gasteiger partial charge in [0.2, 0.25) is 0 Å². The van der Waals surface area contributed by atoms with Crippen LogP contribution < -0.4 is 5.32 Å². The summed E-state index contributed by atoms with van der Waals surface area (Å²) in [7, 11) is 2.08. The van der Waals surface area contributed by atoms with Crippen LogP contribution in [-0.2, 0) is 0 Å². The van der Waals surface area contributed by atoms with Gasteiger partial charge in [-0.05, 0) is 25.3 Å². The summed E-state index contributed by atoms with van der Waals surface area (Å²) in [5, 5.41) is 3.51. The molecule has 1 aromatic rings. The molecular formula is C14H25N3. The standard InChI is InChI=1S/C14H25N3/c1-10(2)13-16-8-9-17(13)11-6-7-14(3,4)12(11)15-5/h8-12,15H,6-7H2,1-5H3. The molecule has 3 nitrogen and oxygen atoms in total. The van der Waals surface area contributed by atoms with Gasteiger partial charge >= 0.3 is 0 Å². The van der Waals surface area contributed by atoms with E-state index in [1.807, 2.05) is 6.20 Å². The summed E-state index contributed by atoms with van der Waals surface area (Å²) in [6, 6.07) is 1.09. The summed E-state index contributed by atoms with van der Waals surface area (Å²) in [6.07, 6.45) is 6.60. The molecule has 1 N–H and O–H groups in total. The number of hydrogen-bond acceptors (Lipinski definition) is 2. The zero-order valence-electron chi connectivity index (χ0n) is 11.7. The molecule has 0 saturated heterocycles. The number of likely N-dealkylation sites (N-methyl/N-ethyl adjacent to an activating group) is 1. The van der Waals surface area contributed by atoms with Crippen LogP contribution in [0.3, 0.4) is 0 Å². The van der Waals surface area contributed by atoms with Gasteiger partial charge in [0.25, 0.3) is 0 Å². The van der Waals surface area contributed by atoms with E-state index >= 15 is 0 Å². The van der Waals surface area contributed by atoms with Crippen molar-refractivity contribution in [1.29, 1.82) is 0 Å². The fourth-order valence-corrected chi connectivity index (χ4v) is 3.30. The first-order valence-corrected chi connectivity index (χ1v) is 6.67. The summed E-state index contributed by atoms with van der Waals surface area (Å²) in [5.41, 5.74) is 0.373. The van der Waals surface area contributed by atoms with Crippen LogP contribution in [0.5, 0.6) is 0 Å². The lowest BCUT2D eigenvalue weighted by atomic mass is 9.86. The van der Waals surface area contributed by atoms with Crippen molar-refractivity contribution in [1.82, 2.24) is 14.9 Å². The number of aromatic nitrogens is 2. The fraction of sp³-hybridized carbons (Fsp3) is 0.786. The SMILES string of the molecule is CNC1C(n2ccnc2C(C)C)CCC1(C)C. The first-order valence-electron chi connectivity index (χ1n) is 6.67. The van der Waals surface area contributed by atoms with E-state index in [9.17, 15) is 0 Å². The number of rotatable bonds is 3. The summed E-state index contributed by atoms with van der Waals surface area (Å²) in [5.74, 6) is 1.71. The Labute approximate surface area is 105 Å². The van der Waals surface area contributed by atoms with Crippen LogP contribution in [0.15, 0.2) is 12.4 Å². The van der Waals surface area contributed by atoms with E-state index in [1.165, 1.54) is 18.7 Å². The highest BCUT2D eigenvalue weighted by molar-refractivity contribution is 5.06. The molecule has 1 aromatic heterocycles. The Hall–Kier alpha value is -0.830. The second kappa shape index (κ2) is 4.45. The third-order valence-electron chi connectivity index (χ3n) is 4.19. The topological polar surface area (TPSA) is 29.9 Å². The smallest absolute Gasteiger partial charge is 0.111 e. The van der Waals surface area contributed by atoms with Gasteiger partial charge in [0.15, 0.2) is 0 Å². The first kappa shape index (κ1) is 12.6. The molecule has 0 aliphatic heterocycles. The minimum atomic E-state index is 0.373. The molecule has 0 bridgehead atoms. The monoisotopic (exact) mass is 235 g/mol. The highest BCUT2D eigenvalue weighted by Crippen LogP contribution is 2.44. The van der Waals surface area contributed by atoms with Crippen molar-refractivity contribution in [3.8, 4) is 0 Å². The molecule has 1 aliphatic rings. The van der Waals surface area contributed by atoms with E-state index in [-0.39, 0.29) is 0 Å². The molecule has 2 rings (SSSR count). The molecule has 0 aromatic carbocycles. The maximum atomic E-state index is 4.51. The van der Waals surface area contributed by atoms with E-state index in [1.54, 1.807) is 0 Å². The molecule has 0 amide bonds. The molecule has 1 saturated carbocycles. The van der Waals surface area contributed by atoms with Gasteiger partial charge in [-0.3, -0.25) is 0 Å². The van der Waals surface area contributed by atoms with Gasteiger partial charge in [0.05, 0.1) is 6.04 Å². The van der Waals surface area contributed by atoms with Gasteiger partial charge in [-0.25, -0.2) is 4.98 Å². The van der Waals surface area contributed by atoms with Gasteiger partial charge in [-0.2, -0.15) is 0 Å². The van der Waals surface area contributed by atoms with Crippen LogP contribution in [-0.4, -0.2) is 22.6 Å². The van der Waals surface area contributed by atoms with Crippen LogP contribution in [0.1, 0.15) is 58.3 Å². The van der Waals surface area contributed by atoms with Gasteiger partial charge in [-0.1, -0.05) is 27.7 Å². The number of nitrogens with zero attached hydrogens (tertiary/aromatic N) is 2. The molecule has 0 spiro atoms. The minimum absolute atomic E-state index is 0.373. The van der Waals surface area contributed by atoms with Crippen LogP contribution in [0.4, 0.5) is 0 Å². The molecule has 1 aliphatic carbocycles. The molecule has 1 fully saturated rings. The number of hydrogen-bond donors (Lipinski definition) is 1. The highest BCUT2D eigenvalue weighted by Gasteiger charge is 2.42. The third kappa shape index (κ3) is 2.13. The summed E-state index contributed by atoms with van der Waals surface area (Å²) < 4.78 is 2.39. The molecular weight excluding hydrogens is 210 g/mol. The lowest BCUT2D eigenvalue weighted by molar-refractivity contribution is 0.258. The average molecular weight is 235 g/mol. The summed E-state index contributed by atoms with van der Waals surface area (Å²) in [6.45, 7) is 9.15. The molecule has 17 heavy (non-hydrogen) atoms. The van der Waals surface area contributed by atoms with Gasteiger partial charge in [0.1, 0.15) is 5.82 Å². The Balaban J connectivity index is 2.31. The first-order chi connectivity index (χ1) is 7.97. The van der Waals surface area contributed by atoms with Crippen molar-refractivity contribution in [3.63, 3.8) is 0 Å². The largest absolute Gasteiger partial charge is 0.330 e.